The fourth-order valence-electron chi connectivity index (χ4n) is 5.02. The predicted molar refractivity (Wildman–Crippen MR) is 224 cm³/mol. The van der Waals surface area contributed by atoms with Gasteiger partial charge in [0.25, 0.3) is 0 Å². The van der Waals surface area contributed by atoms with Crippen molar-refractivity contribution in [1.82, 2.24) is 21.3 Å². The molecule has 0 fully saturated rings. The number of rotatable bonds is 36. The third kappa shape index (κ3) is 39.0. The molecule has 0 heterocycles. The third-order valence-corrected chi connectivity index (χ3v) is 8.09. The van der Waals surface area contributed by atoms with E-state index < -0.39 is 0 Å². The van der Waals surface area contributed by atoms with Crippen LogP contribution in [0.3, 0.4) is 0 Å². The van der Waals surface area contributed by atoms with Crippen molar-refractivity contribution >= 4 is 29.7 Å². The zero-order chi connectivity index (χ0) is 42.6. The number of nitrogens with one attached hydrogen (secondary N) is 4. The molecule has 15 heteroatoms. The Balaban J connectivity index is 0. The van der Waals surface area contributed by atoms with E-state index in [0.29, 0.717) is 71.9 Å². The van der Waals surface area contributed by atoms with Gasteiger partial charge < -0.3 is 55.2 Å². The molecule has 0 unspecified atom stereocenters. The Bertz CT molecular complexity index is 1110. The minimum absolute atomic E-state index is 0.0121. The normalized spacial score (nSPS) is 10.8. The first-order chi connectivity index (χ1) is 27.8. The number of unbranched alkanes of at least 4 members (excludes halogenated alkanes) is 8. The molecule has 4 amide bonds. The van der Waals surface area contributed by atoms with E-state index in [9.17, 15) is 19.2 Å². The lowest BCUT2D eigenvalue weighted by molar-refractivity contribution is -0.127. The molecule has 1 aromatic rings. The van der Waals surface area contributed by atoms with Crippen LogP contribution in [0.15, 0.2) is 30.8 Å². The van der Waals surface area contributed by atoms with Gasteiger partial charge in [0.15, 0.2) is 0 Å². The smallest absolute Gasteiger partial charge is 0.246 e. The molecule has 0 saturated carbocycles. The largest absolute Gasteiger partial charge is 0.494 e. The molecule has 1 aromatic carbocycles. The topological polar surface area (TPSA) is 203 Å². The number of hydrogen-bond donors (Lipinski definition) is 6. The van der Waals surface area contributed by atoms with Gasteiger partial charge in [-0.3, -0.25) is 19.2 Å². The second-order valence-corrected chi connectivity index (χ2v) is 12.9. The van der Waals surface area contributed by atoms with Gasteiger partial charge >= 0.3 is 0 Å². The van der Waals surface area contributed by atoms with Crippen LogP contribution in [0.1, 0.15) is 103 Å². The fraction of sp³-hybridized carbons (Fsp3) is 0.714. The number of carbonyl (C=O) groups is 4. The second-order valence-electron chi connectivity index (χ2n) is 12.9. The molecule has 1 rings (SSSR count). The lowest BCUT2D eigenvalue weighted by Gasteiger charge is -2.14. The number of aliphatic hydroxyl groups is 2. The number of amides is 4. The second kappa shape index (κ2) is 43.5. The van der Waals surface area contributed by atoms with Crippen molar-refractivity contribution in [3.8, 4) is 5.75 Å². The third-order valence-electron chi connectivity index (χ3n) is 8.09. The van der Waals surface area contributed by atoms with Crippen LogP contribution in [-0.2, 0) is 38.1 Å². The van der Waals surface area contributed by atoms with Crippen molar-refractivity contribution in [2.75, 3.05) is 93.3 Å². The van der Waals surface area contributed by atoms with Crippen molar-refractivity contribution in [3.05, 3.63) is 36.4 Å². The number of hydrogen-bond acceptors (Lipinski definition) is 11. The van der Waals surface area contributed by atoms with E-state index in [1.807, 2.05) is 37.3 Å². The molecule has 0 aliphatic heterocycles. The van der Waals surface area contributed by atoms with Crippen molar-refractivity contribution in [2.24, 2.45) is 0 Å². The van der Waals surface area contributed by atoms with Gasteiger partial charge in [0, 0.05) is 52.7 Å². The van der Waals surface area contributed by atoms with Crippen molar-refractivity contribution in [3.63, 3.8) is 0 Å². The SMILES string of the molecule is C=Cc1ccc(OCCCCCCCCCC(=O)N[C@H](C)CCC(=O)NCCOCCOCC(=O)NCCOCCOCC(=O)NCCCCC)cc1.CO.CO. The Labute approximate surface area is 342 Å². The summed E-state index contributed by atoms with van der Waals surface area (Å²) >= 11 is 0. The zero-order valence-corrected chi connectivity index (χ0v) is 35.4. The van der Waals surface area contributed by atoms with Crippen molar-refractivity contribution < 1.29 is 53.1 Å². The molecule has 1 atom stereocenters. The zero-order valence-electron chi connectivity index (χ0n) is 35.4. The van der Waals surface area contributed by atoms with E-state index in [-0.39, 0.29) is 49.5 Å². The molecule has 0 aliphatic carbocycles. The quantitative estimate of drug-likeness (QED) is 0.0536. The molecule has 15 nitrogen and oxygen atoms in total. The van der Waals surface area contributed by atoms with Gasteiger partial charge in [-0.2, -0.15) is 0 Å². The van der Waals surface area contributed by atoms with Crippen molar-refractivity contribution in [2.45, 2.75) is 103 Å². The number of ether oxygens (including phenoxy) is 5. The minimum Gasteiger partial charge on any atom is -0.494 e. The summed E-state index contributed by atoms with van der Waals surface area (Å²) in [6, 6.07) is 7.87. The summed E-state index contributed by atoms with van der Waals surface area (Å²) in [6.07, 6.45) is 13.9. The molecule has 330 valence electrons. The maximum absolute atomic E-state index is 12.3. The number of benzene rings is 1. The summed E-state index contributed by atoms with van der Waals surface area (Å²) < 4.78 is 27.2. The summed E-state index contributed by atoms with van der Waals surface area (Å²) in [4.78, 5) is 47.8. The molecule has 0 aliphatic rings. The van der Waals surface area contributed by atoms with E-state index in [1.165, 1.54) is 12.8 Å². The van der Waals surface area contributed by atoms with E-state index in [2.05, 4.69) is 34.8 Å². The summed E-state index contributed by atoms with van der Waals surface area (Å²) in [5, 5.41) is 25.3. The average Bonchev–Trinajstić information content (AvgIpc) is 3.23. The minimum atomic E-state index is -0.256. The van der Waals surface area contributed by atoms with Crippen LogP contribution < -0.4 is 26.0 Å². The van der Waals surface area contributed by atoms with Crippen LogP contribution >= 0.6 is 0 Å². The van der Waals surface area contributed by atoms with Gasteiger partial charge in [0.2, 0.25) is 23.6 Å². The molecular weight excluding hydrogens is 736 g/mol. The lowest BCUT2D eigenvalue weighted by atomic mass is 10.1. The van der Waals surface area contributed by atoms with Gasteiger partial charge in [-0.25, -0.2) is 0 Å². The molecule has 0 bridgehead atoms. The molecule has 57 heavy (non-hydrogen) atoms. The molecular formula is C42H76N4O11. The Morgan fingerprint density at radius 1 is 0.596 bits per heavy atom. The number of carbonyl (C=O) groups excluding carboxylic acids is 4. The maximum atomic E-state index is 12.3. The predicted octanol–water partition coefficient (Wildman–Crippen LogP) is 3.94. The molecule has 0 radical (unpaired) electrons. The molecule has 0 saturated heterocycles. The summed E-state index contributed by atoms with van der Waals surface area (Å²) in [5.74, 6) is 0.454. The molecule has 0 aromatic heterocycles. The maximum Gasteiger partial charge on any atom is 0.246 e. The first kappa shape index (κ1) is 55.5. The number of aliphatic hydroxyl groups excluding tert-OH is 2. The first-order valence-corrected chi connectivity index (χ1v) is 20.5. The standard InChI is InChI=1S/C40H68N4O9.2CH4O/c1-4-6-13-22-41-39(47)32-51-30-29-50-27-24-43-40(48)33-52-31-28-49-26-23-42-37(45)21-16-34(3)44-38(46)15-12-10-8-7-9-11-14-25-53-36-19-17-35(5-2)18-20-36;2*1-2/h5,17-20,34H,2,4,6-16,21-33H2,1,3H3,(H,41,47)(H,42,45)(H,43,48)(H,44,46);2*2H,1H3/t34-;;/m1../s1. The average molecular weight is 813 g/mol. The Kier molecular flexibility index (Phi) is 42.4. The van der Waals surface area contributed by atoms with Gasteiger partial charge in [0.1, 0.15) is 19.0 Å². The van der Waals surface area contributed by atoms with E-state index in [4.69, 9.17) is 33.9 Å². The van der Waals surface area contributed by atoms with Crippen LogP contribution in [0.4, 0.5) is 0 Å². The lowest BCUT2D eigenvalue weighted by Crippen LogP contribution is -2.34. The van der Waals surface area contributed by atoms with E-state index in [0.717, 1.165) is 83.5 Å². The summed E-state index contributed by atoms with van der Waals surface area (Å²) in [7, 11) is 2.00. The Morgan fingerprint density at radius 3 is 1.67 bits per heavy atom. The summed E-state index contributed by atoms with van der Waals surface area (Å²) in [5.41, 5.74) is 1.09. The molecule has 0 spiro atoms. The fourth-order valence-corrected chi connectivity index (χ4v) is 5.02. The highest BCUT2D eigenvalue weighted by atomic mass is 16.5. The summed E-state index contributed by atoms with van der Waals surface area (Å²) in [6.45, 7) is 11.7. The highest BCUT2D eigenvalue weighted by Gasteiger charge is 2.10. The highest BCUT2D eigenvalue weighted by molar-refractivity contribution is 5.78. The van der Waals surface area contributed by atoms with Gasteiger partial charge in [0.05, 0.1) is 46.2 Å². The Hall–Kier alpha value is -3.60. The first-order valence-electron chi connectivity index (χ1n) is 20.5. The van der Waals surface area contributed by atoms with E-state index in [1.54, 1.807) is 0 Å². The monoisotopic (exact) mass is 813 g/mol. The van der Waals surface area contributed by atoms with Gasteiger partial charge in [-0.15, -0.1) is 0 Å². The van der Waals surface area contributed by atoms with Crippen LogP contribution in [-0.4, -0.2) is 133 Å². The van der Waals surface area contributed by atoms with Gasteiger partial charge in [-0.05, 0) is 50.3 Å². The highest BCUT2D eigenvalue weighted by Crippen LogP contribution is 2.14. The van der Waals surface area contributed by atoms with Gasteiger partial charge in [-0.1, -0.05) is 76.7 Å². The molecule has 6 N–H and O–H groups in total. The van der Waals surface area contributed by atoms with Crippen LogP contribution in [0.5, 0.6) is 5.75 Å². The van der Waals surface area contributed by atoms with Crippen LogP contribution in [0.2, 0.25) is 0 Å². The Morgan fingerprint density at radius 2 is 1.11 bits per heavy atom. The van der Waals surface area contributed by atoms with Crippen LogP contribution in [0, 0.1) is 0 Å². The van der Waals surface area contributed by atoms with Crippen LogP contribution in [0.25, 0.3) is 6.08 Å². The van der Waals surface area contributed by atoms with E-state index >= 15 is 0 Å². The van der Waals surface area contributed by atoms with Crippen molar-refractivity contribution in [1.29, 1.82) is 0 Å².